The smallest absolute Gasteiger partial charge is 0.318 e. The number of carbonyl (C=O) groups is 1. The van der Waals surface area contributed by atoms with Crippen molar-refractivity contribution >= 4 is 17.4 Å². The van der Waals surface area contributed by atoms with Crippen LogP contribution in [0.1, 0.15) is 45.0 Å². The lowest BCUT2D eigenvalue weighted by Crippen LogP contribution is -2.58. The van der Waals surface area contributed by atoms with Crippen molar-refractivity contribution in [3.05, 3.63) is 22.4 Å². The van der Waals surface area contributed by atoms with Gasteiger partial charge in [0.05, 0.1) is 11.6 Å². The van der Waals surface area contributed by atoms with Crippen LogP contribution < -0.4 is 5.32 Å². The van der Waals surface area contributed by atoms with Crippen LogP contribution in [0.25, 0.3) is 0 Å². The molecule has 2 amide bonds. The van der Waals surface area contributed by atoms with Gasteiger partial charge in [-0.2, -0.15) is 0 Å². The van der Waals surface area contributed by atoms with Gasteiger partial charge in [0.25, 0.3) is 0 Å². The summed E-state index contributed by atoms with van der Waals surface area (Å²) in [7, 11) is 0. The van der Waals surface area contributed by atoms with E-state index in [1.165, 1.54) is 4.88 Å². The molecule has 1 saturated heterocycles. The lowest BCUT2D eigenvalue weighted by molar-refractivity contribution is 0.0117. The molecule has 2 N–H and O–H groups in total. The molecule has 0 radical (unpaired) electrons. The second kappa shape index (κ2) is 7.64. The van der Waals surface area contributed by atoms with Crippen LogP contribution in [0.15, 0.2) is 17.5 Å². The van der Waals surface area contributed by atoms with Gasteiger partial charge < -0.3 is 15.3 Å². The van der Waals surface area contributed by atoms with E-state index in [0.717, 1.165) is 19.5 Å². The summed E-state index contributed by atoms with van der Waals surface area (Å²) in [6.45, 7) is 10.7. The second-order valence-electron chi connectivity index (χ2n) is 7.02. The second-order valence-corrected chi connectivity index (χ2v) is 7.99. The zero-order valence-corrected chi connectivity index (χ0v) is 15.4. The summed E-state index contributed by atoms with van der Waals surface area (Å²) in [6, 6.07) is 4.34. The standard InChI is InChI=1S/C17H29N3O2S/c1-5-14(15-7-6-10-23-15)18-16(21)20-9-8-19(11-13(20)2)12-17(3,4)22/h6-7,10,13-14,22H,5,8-9,11-12H2,1-4H3,(H,18,21)/t13-,14-/m0/s1. The van der Waals surface area contributed by atoms with Crippen molar-refractivity contribution in [3.63, 3.8) is 0 Å². The minimum absolute atomic E-state index is 0.0145. The van der Waals surface area contributed by atoms with Crippen molar-refractivity contribution in [2.24, 2.45) is 0 Å². The molecule has 0 saturated carbocycles. The summed E-state index contributed by atoms with van der Waals surface area (Å²) in [5, 5.41) is 15.2. The molecule has 1 fully saturated rings. The van der Waals surface area contributed by atoms with Gasteiger partial charge in [0, 0.05) is 37.1 Å². The number of β-amino-alcohol motifs (C(OH)–C–C–N with tert-alkyl or cyclic N) is 1. The number of hydrogen-bond donors (Lipinski definition) is 2. The van der Waals surface area contributed by atoms with E-state index in [-0.39, 0.29) is 18.1 Å². The molecule has 6 heteroatoms. The van der Waals surface area contributed by atoms with E-state index in [1.807, 2.05) is 30.2 Å². The van der Waals surface area contributed by atoms with Gasteiger partial charge >= 0.3 is 6.03 Å². The van der Waals surface area contributed by atoms with Crippen LogP contribution in [0, 0.1) is 0 Å². The molecule has 0 aliphatic carbocycles. The summed E-state index contributed by atoms with van der Waals surface area (Å²) < 4.78 is 0. The van der Waals surface area contributed by atoms with Gasteiger partial charge in [-0.05, 0) is 38.6 Å². The fraction of sp³-hybridized carbons (Fsp3) is 0.706. The van der Waals surface area contributed by atoms with Crippen LogP contribution in [-0.4, -0.2) is 58.8 Å². The minimum atomic E-state index is -0.698. The Morgan fingerprint density at radius 1 is 1.52 bits per heavy atom. The Balaban J connectivity index is 1.91. The van der Waals surface area contributed by atoms with Gasteiger partial charge in [-0.15, -0.1) is 11.3 Å². The Morgan fingerprint density at radius 3 is 2.78 bits per heavy atom. The summed E-state index contributed by atoms with van der Waals surface area (Å²) in [4.78, 5) is 18.0. The molecule has 23 heavy (non-hydrogen) atoms. The molecule has 5 nitrogen and oxygen atoms in total. The van der Waals surface area contributed by atoms with E-state index in [2.05, 4.69) is 30.1 Å². The molecule has 2 heterocycles. The first-order valence-corrected chi connectivity index (χ1v) is 9.23. The molecule has 1 aromatic heterocycles. The minimum Gasteiger partial charge on any atom is -0.389 e. The quantitative estimate of drug-likeness (QED) is 0.867. The van der Waals surface area contributed by atoms with Crippen LogP contribution in [0.5, 0.6) is 0 Å². The van der Waals surface area contributed by atoms with Crippen LogP contribution in [0.2, 0.25) is 0 Å². The van der Waals surface area contributed by atoms with Crippen LogP contribution >= 0.6 is 11.3 Å². The molecule has 2 atom stereocenters. The third-order valence-corrected chi connectivity index (χ3v) is 5.16. The van der Waals surface area contributed by atoms with Crippen molar-refractivity contribution in [3.8, 4) is 0 Å². The van der Waals surface area contributed by atoms with E-state index in [0.29, 0.717) is 13.1 Å². The molecule has 1 aliphatic rings. The van der Waals surface area contributed by atoms with Crippen molar-refractivity contribution in [2.45, 2.75) is 51.8 Å². The molecule has 0 unspecified atom stereocenters. The highest BCUT2D eigenvalue weighted by atomic mass is 32.1. The largest absolute Gasteiger partial charge is 0.389 e. The maximum absolute atomic E-state index is 12.6. The van der Waals surface area contributed by atoms with E-state index in [1.54, 1.807) is 11.3 Å². The van der Waals surface area contributed by atoms with Gasteiger partial charge in [-0.1, -0.05) is 13.0 Å². The highest BCUT2D eigenvalue weighted by molar-refractivity contribution is 7.10. The first kappa shape index (κ1) is 18.2. The predicted octanol–water partition coefficient (Wildman–Crippen LogP) is 2.69. The van der Waals surface area contributed by atoms with Crippen molar-refractivity contribution < 1.29 is 9.90 Å². The monoisotopic (exact) mass is 339 g/mol. The van der Waals surface area contributed by atoms with Crippen LogP contribution in [0.4, 0.5) is 4.79 Å². The van der Waals surface area contributed by atoms with Gasteiger partial charge in [0.15, 0.2) is 0 Å². The zero-order valence-electron chi connectivity index (χ0n) is 14.6. The van der Waals surface area contributed by atoms with Gasteiger partial charge in [-0.25, -0.2) is 4.79 Å². The number of aliphatic hydroxyl groups is 1. The van der Waals surface area contributed by atoms with Crippen LogP contribution in [-0.2, 0) is 0 Å². The summed E-state index contributed by atoms with van der Waals surface area (Å²) in [5.41, 5.74) is -0.698. The summed E-state index contributed by atoms with van der Waals surface area (Å²) in [5.74, 6) is 0. The van der Waals surface area contributed by atoms with Gasteiger partial charge in [0.1, 0.15) is 0 Å². The third-order valence-electron chi connectivity index (χ3n) is 4.18. The summed E-state index contributed by atoms with van der Waals surface area (Å²) >= 11 is 1.68. The molecule has 130 valence electrons. The molecule has 2 rings (SSSR count). The fourth-order valence-corrected chi connectivity index (χ4v) is 3.98. The van der Waals surface area contributed by atoms with E-state index < -0.39 is 5.60 Å². The summed E-state index contributed by atoms with van der Waals surface area (Å²) in [6.07, 6.45) is 0.888. The number of rotatable bonds is 5. The maximum Gasteiger partial charge on any atom is 0.318 e. The van der Waals surface area contributed by atoms with Crippen molar-refractivity contribution in [1.82, 2.24) is 15.1 Å². The van der Waals surface area contributed by atoms with Crippen molar-refractivity contribution in [2.75, 3.05) is 26.2 Å². The first-order chi connectivity index (χ1) is 10.8. The first-order valence-electron chi connectivity index (χ1n) is 8.35. The van der Waals surface area contributed by atoms with Gasteiger partial charge in [-0.3, -0.25) is 4.90 Å². The molecule has 0 spiro atoms. The lowest BCUT2D eigenvalue weighted by atomic mass is 10.1. The number of carbonyl (C=O) groups excluding carboxylic acids is 1. The average molecular weight is 340 g/mol. The Hall–Kier alpha value is -1.11. The SMILES string of the molecule is CC[C@H](NC(=O)N1CCN(CC(C)(C)O)C[C@@H]1C)c1cccs1. The number of piperazine rings is 1. The number of urea groups is 1. The highest BCUT2D eigenvalue weighted by Crippen LogP contribution is 2.22. The van der Waals surface area contributed by atoms with E-state index in [4.69, 9.17) is 0 Å². The third kappa shape index (κ3) is 5.19. The van der Waals surface area contributed by atoms with Crippen LogP contribution in [0.3, 0.4) is 0 Å². The topological polar surface area (TPSA) is 55.8 Å². The predicted molar refractivity (Wildman–Crippen MR) is 94.8 cm³/mol. The molecule has 0 bridgehead atoms. The number of hydrogen-bond acceptors (Lipinski definition) is 4. The fourth-order valence-electron chi connectivity index (χ4n) is 3.12. The van der Waals surface area contributed by atoms with Crippen molar-refractivity contribution in [1.29, 1.82) is 0 Å². The highest BCUT2D eigenvalue weighted by Gasteiger charge is 2.30. The Bertz CT molecular complexity index is 498. The van der Waals surface area contributed by atoms with E-state index in [9.17, 15) is 9.90 Å². The van der Waals surface area contributed by atoms with E-state index >= 15 is 0 Å². The molecule has 1 aromatic rings. The Labute approximate surface area is 143 Å². The lowest BCUT2D eigenvalue weighted by Gasteiger charge is -2.41. The number of amides is 2. The normalized spacial score (nSPS) is 21.3. The Kier molecular flexibility index (Phi) is 6.06. The maximum atomic E-state index is 12.6. The molecule has 0 aromatic carbocycles. The van der Waals surface area contributed by atoms with Gasteiger partial charge in [0.2, 0.25) is 0 Å². The number of nitrogens with one attached hydrogen (secondary N) is 1. The number of thiophene rings is 1. The zero-order chi connectivity index (χ0) is 17.0. The average Bonchev–Trinajstić information content (AvgIpc) is 2.96. The Morgan fingerprint density at radius 2 is 2.26 bits per heavy atom. The molecule has 1 aliphatic heterocycles. The number of nitrogens with zero attached hydrogens (tertiary/aromatic N) is 2. The molecular weight excluding hydrogens is 310 g/mol. The molecular formula is C17H29N3O2S.